The number of anilines is 1. The molecule has 0 bridgehead atoms. The molecule has 3 rings (SSSR count). The Hall–Kier alpha value is -1.85. The van der Waals surface area contributed by atoms with Crippen molar-refractivity contribution >= 4 is 33.1 Å². The second-order valence-corrected chi connectivity index (χ2v) is 7.92. The molecule has 0 spiro atoms. The number of carbonyl (C=O) groups excluding carboxylic acids is 1. The first-order chi connectivity index (χ1) is 10.9. The maximum atomic E-state index is 12.8. The molecule has 0 saturated heterocycles. The van der Waals surface area contributed by atoms with Gasteiger partial charge in [0.15, 0.2) is 5.78 Å². The summed E-state index contributed by atoms with van der Waals surface area (Å²) >= 11 is 5.93. The van der Waals surface area contributed by atoms with Gasteiger partial charge >= 0.3 is 0 Å². The van der Waals surface area contributed by atoms with Crippen molar-refractivity contribution in [2.75, 3.05) is 10.8 Å². The normalized spacial score (nSPS) is 14.7. The predicted octanol–water partition coefficient (Wildman–Crippen LogP) is 3.57. The van der Waals surface area contributed by atoms with Crippen LogP contribution in [0.2, 0.25) is 5.02 Å². The third-order valence-corrected chi connectivity index (χ3v) is 5.97. The largest absolute Gasteiger partial charge is 0.294 e. The summed E-state index contributed by atoms with van der Waals surface area (Å²) in [5.41, 5.74) is 2.48. The smallest absolute Gasteiger partial charge is 0.239 e. The summed E-state index contributed by atoms with van der Waals surface area (Å²) < 4.78 is 27.0. The molecule has 0 atom stereocenters. The van der Waals surface area contributed by atoms with Crippen LogP contribution in [0, 0.1) is 6.92 Å². The monoisotopic (exact) mass is 349 g/mol. The molecule has 0 fully saturated rings. The molecular formula is C17H16ClNO3S. The van der Waals surface area contributed by atoms with Gasteiger partial charge in [-0.25, -0.2) is 8.42 Å². The summed E-state index contributed by atoms with van der Waals surface area (Å²) in [4.78, 5) is 12.0. The lowest BCUT2D eigenvalue weighted by Gasteiger charge is -2.30. The molecule has 0 saturated carbocycles. The molecular weight excluding hydrogens is 334 g/mol. The Bertz CT molecular complexity index is 877. The Morgan fingerprint density at radius 3 is 2.65 bits per heavy atom. The average molecular weight is 350 g/mol. The van der Waals surface area contributed by atoms with Crippen LogP contribution in [0.1, 0.15) is 27.9 Å². The highest BCUT2D eigenvalue weighted by atomic mass is 35.5. The Kier molecular flexibility index (Phi) is 4.17. The van der Waals surface area contributed by atoms with E-state index in [1.807, 2.05) is 31.2 Å². The van der Waals surface area contributed by atoms with E-state index < -0.39 is 10.0 Å². The van der Waals surface area contributed by atoms with Gasteiger partial charge in [0.2, 0.25) is 10.0 Å². The SMILES string of the molecule is Cc1ccccc1CS(=O)(=O)N1CCC(=O)c2cc(Cl)ccc21. The van der Waals surface area contributed by atoms with Gasteiger partial charge < -0.3 is 0 Å². The van der Waals surface area contributed by atoms with Crippen LogP contribution in [0.15, 0.2) is 42.5 Å². The molecule has 23 heavy (non-hydrogen) atoms. The summed E-state index contributed by atoms with van der Waals surface area (Å²) in [6.07, 6.45) is 0.167. The predicted molar refractivity (Wildman–Crippen MR) is 91.5 cm³/mol. The van der Waals surface area contributed by atoms with Crippen molar-refractivity contribution in [1.82, 2.24) is 0 Å². The quantitative estimate of drug-likeness (QED) is 0.851. The van der Waals surface area contributed by atoms with Crippen LogP contribution in [-0.4, -0.2) is 20.7 Å². The molecule has 2 aromatic rings. The van der Waals surface area contributed by atoms with Gasteiger partial charge in [0.25, 0.3) is 0 Å². The Morgan fingerprint density at radius 2 is 1.91 bits per heavy atom. The van der Waals surface area contributed by atoms with Gasteiger partial charge in [0.05, 0.1) is 11.4 Å². The molecule has 0 N–H and O–H groups in total. The van der Waals surface area contributed by atoms with Crippen molar-refractivity contribution in [2.24, 2.45) is 0 Å². The third kappa shape index (κ3) is 3.12. The number of Topliss-reactive ketones (excluding diaryl/α,β-unsaturated/α-hetero) is 1. The van der Waals surface area contributed by atoms with Gasteiger partial charge in [-0.1, -0.05) is 35.9 Å². The van der Waals surface area contributed by atoms with Crippen molar-refractivity contribution in [3.05, 3.63) is 64.2 Å². The Labute approximate surface area is 140 Å². The molecule has 0 aliphatic carbocycles. The van der Waals surface area contributed by atoms with Crippen LogP contribution in [0.25, 0.3) is 0 Å². The van der Waals surface area contributed by atoms with E-state index in [1.165, 1.54) is 10.4 Å². The first-order valence-corrected chi connectivity index (χ1v) is 9.25. The highest BCUT2D eigenvalue weighted by molar-refractivity contribution is 7.92. The molecule has 1 heterocycles. The standard InChI is InChI=1S/C17H16ClNO3S/c1-12-4-2-3-5-13(12)11-23(21,22)19-9-8-17(20)15-10-14(18)6-7-16(15)19/h2-7,10H,8-9,11H2,1H3. The van der Waals surface area contributed by atoms with E-state index in [9.17, 15) is 13.2 Å². The molecule has 6 heteroatoms. The minimum absolute atomic E-state index is 0.0789. The van der Waals surface area contributed by atoms with Gasteiger partial charge in [-0.2, -0.15) is 0 Å². The Morgan fingerprint density at radius 1 is 1.17 bits per heavy atom. The molecule has 0 radical (unpaired) electrons. The molecule has 0 unspecified atom stereocenters. The van der Waals surface area contributed by atoms with Gasteiger partial charge in [0, 0.05) is 23.6 Å². The number of halogens is 1. The summed E-state index contributed by atoms with van der Waals surface area (Å²) in [7, 11) is -3.57. The van der Waals surface area contributed by atoms with E-state index in [1.54, 1.807) is 12.1 Å². The summed E-state index contributed by atoms with van der Waals surface area (Å²) in [5, 5.41) is 0.426. The van der Waals surface area contributed by atoms with Crippen molar-refractivity contribution < 1.29 is 13.2 Å². The van der Waals surface area contributed by atoms with Gasteiger partial charge in [-0.3, -0.25) is 9.10 Å². The van der Waals surface area contributed by atoms with Crippen molar-refractivity contribution in [2.45, 2.75) is 19.1 Å². The molecule has 1 aliphatic heterocycles. The minimum atomic E-state index is -3.57. The maximum Gasteiger partial charge on any atom is 0.239 e. The van der Waals surface area contributed by atoms with E-state index in [0.717, 1.165) is 11.1 Å². The lowest BCUT2D eigenvalue weighted by atomic mass is 10.0. The van der Waals surface area contributed by atoms with Crippen molar-refractivity contribution in [3.8, 4) is 0 Å². The van der Waals surface area contributed by atoms with Crippen LogP contribution >= 0.6 is 11.6 Å². The number of hydrogen-bond acceptors (Lipinski definition) is 3. The van der Waals surface area contributed by atoms with Crippen LogP contribution in [0.5, 0.6) is 0 Å². The molecule has 0 aromatic heterocycles. The van der Waals surface area contributed by atoms with Crippen LogP contribution < -0.4 is 4.31 Å². The fourth-order valence-electron chi connectivity index (χ4n) is 2.74. The first kappa shape index (κ1) is 16.0. The van der Waals surface area contributed by atoms with E-state index in [2.05, 4.69) is 0 Å². The van der Waals surface area contributed by atoms with E-state index >= 15 is 0 Å². The van der Waals surface area contributed by atoms with E-state index in [-0.39, 0.29) is 24.5 Å². The van der Waals surface area contributed by atoms with Crippen molar-refractivity contribution in [1.29, 1.82) is 0 Å². The number of ketones is 1. The highest BCUT2D eigenvalue weighted by Crippen LogP contribution is 2.32. The van der Waals surface area contributed by atoms with Crippen LogP contribution in [0.3, 0.4) is 0 Å². The van der Waals surface area contributed by atoms with E-state index in [0.29, 0.717) is 16.3 Å². The molecule has 1 aliphatic rings. The maximum absolute atomic E-state index is 12.8. The Balaban J connectivity index is 2.00. The molecule has 4 nitrogen and oxygen atoms in total. The third-order valence-electron chi connectivity index (χ3n) is 4.00. The number of benzene rings is 2. The average Bonchev–Trinajstić information content (AvgIpc) is 2.50. The molecule has 120 valence electrons. The number of hydrogen-bond donors (Lipinski definition) is 0. The summed E-state index contributed by atoms with van der Waals surface area (Å²) in [6, 6.07) is 12.1. The second-order valence-electron chi connectivity index (χ2n) is 5.59. The minimum Gasteiger partial charge on any atom is -0.294 e. The van der Waals surface area contributed by atoms with Crippen molar-refractivity contribution in [3.63, 3.8) is 0 Å². The zero-order chi connectivity index (χ0) is 16.6. The number of aryl methyl sites for hydroxylation is 1. The van der Waals surface area contributed by atoms with Gasteiger partial charge in [0.1, 0.15) is 0 Å². The fraction of sp³-hybridized carbons (Fsp3) is 0.235. The number of nitrogens with zero attached hydrogens (tertiary/aromatic N) is 1. The summed E-state index contributed by atoms with van der Waals surface area (Å²) in [6.45, 7) is 2.06. The van der Waals surface area contributed by atoms with Crippen LogP contribution in [0.4, 0.5) is 5.69 Å². The number of carbonyl (C=O) groups is 1. The number of rotatable bonds is 3. The zero-order valence-corrected chi connectivity index (χ0v) is 14.2. The lowest BCUT2D eigenvalue weighted by molar-refractivity contribution is 0.0982. The number of sulfonamides is 1. The number of fused-ring (bicyclic) bond motifs is 1. The van der Waals surface area contributed by atoms with Gasteiger partial charge in [-0.15, -0.1) is 0 Å². The highest BCUT2D eigenvalue weighted by Gasteiger charge is 2.31. The second kappa shape index (κ2) is 5.98. The topological polar surface area (TPSA) is 54.5 Å². The summed E-state index contributed by atoms with van der Waals surface area (Å²) in [5.74, 6) is -0.166. The van der Waals surface area contributed by atoms with Gasteiger partial charge in [-0.05, 0) is 36.2 Å². The lowest BCUT2D eigenvalue weighted by Crippen LogP contribution is -2.38. The van der Waals surface area contributed by atoms with Crippen LogP contribution in [-0.2, 0) is 15.8 Å². The van der Waals surface area contributed by atoms with E-state index in [4.69, 9.17) is 11.6 Å². The molecule has 0 amide bonds. The first-order valence-electron chi connectivity index (χ1n) is 7.26. The fourth-order valence-corrected chi connectivity index (χ4v) is 4.62. The molecule has 2 aromatic carbocycles. The zero-order valence-electron chi connectivity index (χ0n) is 12.6.